The molecule has 0 bridgehead atoms. The number of carbonyl (C=O) groups excluding carboxylic acids is 2. The summed E-state index contributed by atoms with van der Waals surface area (Å²) in [7, 11) is 0. The van der Waals surface area contributed by atoms with Crippen LogP contribution in [0.15, 0.2) is 53.3 Å². The molecule has 1 heterocycles. The Morgan fingerprint density at radius 2 is 1.52 bits per heavy atom. The van der Waals surface area contributed by atoms with Gasteiger partial charge in [-0.15, -0.1) is 0 Å². The number of para-hydroxylation sites is 2. The van der Waals surface area contributed by atoms with Crippen molar-refractivity contribution in [2.45, 2.75) is 33.4 Å². The van der Waals surface area contributed by atoms with Crippen molar-refractivity contribution < 1.29 is 9.59 Å². The van der Waals surface area contributed by atoms with E-state index in [-0.39, 0.29) is 24.7 Å². The van der Waals surface area contributed by atoms with Gasteiger partial charge in [0.1, 0.15) is 6.54 Å². The van der Waals surface area contributed by atoms with Gasteiger partial charge in [0.05, 0.1) is 17.6 Å². The lowest BCUT2D eigenvalue weighted by molar-refractivity contribution is -0.128. The summed E-state index contributed by atoms with van der Waals surface area (Å²) in [5.74, 6) is -0.866. The van der Waals surface area contributed by atoms with E-state index in [0.717, 1.165) is 23.2 Å². The second-order valence-corrected chi connectivity index (χ2v) is 6.83. The monoisotopic (exact) mass is 395 g/mol. The number of hydrogen-bond acceptors (Lipinski definition) is 4. The van der Waals surface area contributed by atoms with E-state index in [0.29, 0.717) is 12.1 Å². The van der Waals surface area contributed by atoms with E-state index < -0.39 is 5.91 Å². The number of hydrazine groups is 1. The van der Waals surface area contributed by atoms with Gasteiger partial charge in [-0.1, -0.05) is 36.8 Å². The molecule has 0 fully saturated rings. The van der Waals surface area contributed by atoms with E-state index in [1.165, 1.54) is 4.57 Å². The van der Waals surface area contributed by atoms with Crippen LogP contribution in [0, 0.1) is 6.92 Å². The molecule has 0 unspecified atom stereocenters. The Morgan fingerprint density at radius 1 is 0.897 bits per heavy atom. The smallest absolute Gasteiger partial charge is 0.329 e. The minimum atomic E-state index is -0.477. The molecule has 0 saturated carbocycles. The maximum Gasteiger partial charge on any atom is 0.329 e. The summed E-state index contributed by atoms with van der Waals surface area (Å²) in [5.41, 5.74) is 7.90. The third-order valence-electron chi connectivity index (χ3n) is 4.52. The Morgan fingerprint density at radius 3 is 2.17 bits per heavy atom. The molecule has 0 aliphatic rings. The standard InChI is InChI=1S/C21H25N5O3/c1-3-12-25-17-6-4-5-7-18(17)26(21(25)29)14-20(28)24-23-19(27)13-22-16-10-8-15(2)9-11-16/h4-11,22H,3,12-14H2,1-2H3,(H,23,27)(H,24,28). The number of amides is 2. The molecule has 152 valence electrons. The van der Waals surface area contributed by atoms with Crippen LogP contribution in [-0.4, -0.2) is 27.5 Å². The maximum absolute atomic E-state index is 12.7. The van der Waals surface area contributed by atoms with Crippen molar-refractivity contribution in [3.8, 4) is 0 Å². The molecule has 2 aromatic carbocycles. The van der Waals surface area contributed by atoms with E-state index in [9.17, 15) is 14.4 Å². The van der Waals surface area contributed by atoms with Gasteiger partial charge in [-0.3, -0.25) is 29.6 Å². The number of benzene rings is 2. The highest BCUT2D eigenvalue weighted by Crippen LogP contribution is 2.13. The summed E-state index contributed by atoms with van der Waals surface area (Å²) in [4.78, 5) is 36.9. The zero-order valence-corrected chi connectivity index (χ0v) is 16.6. The van der Waals surface area contributed by atoms with Crippen LogP contribution in [0.5, 0.6) is 0 Å². The normalized spacial score (nSPS) is 10.7. The Kier molecular flexibility index (Phi) is 6.33. The Hall–Kier alpha value is -3.55. The van der Waals surface area contributed by atoms with Crippen LogP contribution in [0.25, 0.3) is 11.0 Å². The summed E-state index contributed by atoms with van der Waals surface area (Å²) in [6, 6.07) is 15.0. The Bertz CT molecular complexity index is 1070. The Balaban J connectivity index is 1.58. The number of nitrogens with one attached hydrogen (secondary N) is 3. The predicted octanol–water partition coefficient (Wildman–Crippen LogP) is 1.78. The molecular weight excluding hydrogens is 370 g/mol. The van der Waals surface area contributed by atoms with E-state index in [1.807, 2.05) is 56.3 Å². The molecule has 1 aromatic heterocycles. The molecule has 3 rings (SSSR count). The molecule has 2 amide bonds. The quantitative estimate of drug-likeness (QED) is 0.531. The molecule has 29 heavy (non-hydrogen) atoms. The van der Waals surface area contributed by atoms with Crippen LogP contribution in [0.3, 0.4) is 0 Å². The number of rotatable bonds is 7. The number of anilines is 1. The summed E-state index contributed by atoms with van der Waals surface area (Å²) in [5, 5.41) is 2.97. The van der Waals surface area contributed by atoms with Crippen molar-refractivity contribution in [1.29, 1.82) is 0 Å². The number of aryl methyl sites for hydroxylation is 2. The van der Waals surface area contributed by atoms with Gasteiger partial charge >= 0.3 is 5.69 Å². The van der Waals surface area contributed by atoms with Crippen molar-refractivity contribution in [2.24, 2.45) is 0 Å². The van der Waals surface area contributed by atoms with Crippen LogP contribution in [0.2, 0.25) is 0 Å². The van der Waals surface area contributed by atoms with Crippen molar-refractivity contribution in [2.75, 3.05) is 11.9 Å². The molecule has 8 nitrogen and oxygen atoms in total. The zero-order chi connectivity index (χ0) is 20.8. The third-order valence-corrected chi connectivity index (χ3v) is 4.52. The molecule has 0 saturated heterocycles. The van der Waals surface area contributed by atoms with E-state index >= 15 is 0 Å². The minimum absolute atomic E-state index is 0.0130. The number of hydrogen-bond donors (Lipinski definition) is 3. The first-order valence-corrected chi connectivity index (χ1v) is 9.56. The van der Waals surface area contributed by atoms with Crippen LogP contribution < -0.4 is 21.9 Å². The van der Waals surface area contributed by atoms with Gasteiger partial charge in [0.25, 0.3) is 11.8 Å². The topological polar surface area (TPSA) is 97.2 Å². The van der Waals surface area contributed by atoms with Crippen LogP contribution in [0.4, 0.5) is 5.69 Å². The van der Waals surface area contributed by atoms with E-state index in [1.54, 1.807) is 10.6 Å². The second kappa shape index (κ2) is 9.09. The van der Waals surface area contributed by atoms with Gasteiger partial charge in [0, 0.05) is 12.2 Å². The fraction of sp³-hybridized carbons (Fsp3) is 0.286. The fourth-order valence-electron chi connectivity index (χ4n) is 3.09. The van der Waals surface area contributed by atoms with Gasteiger partial charge in [0.15, 0.2) is 0 Å². The zero-order valence-electron chi connectivity index (χ0n) is 16.6. The highest BCUT2D eigenvalue weighted by atomic mass is 16.2. The number of fused-ring (bicyclic) bond motifs is 1. The lowest BCUT2D eigenvalue weighted by atomic mass is 10.2. The second-order valence-electron chi connectivity index (χ2n) is 6.83. The van der Waals surface area contributed by atoms with Crippen molar-refractivity contribution in [3.05, 3.63) is 64.6 Å². The summed E-state index contributed by atoms with van der Waals surface area (Å²) in [6.45, 7) is 4.39. The largest absolute Gasteiger partial charge is 0.376 e. The molecule has 0 aliphatic carbocycles. The summed E-state index contributed by atoms with van der Waals surface area (Å²) >= 11 is 0. The summed E-state index contributed by atoms with van der Waals surface area (Å²) in [6.07, 6.45) is 0.810. The van der Waals surface area contributed by atoms with E-state index in [2.05, 4.69) is 16.2 Å². The van der Waals surface area contributed by atoms with Crippen molar-refractivity contribution in [3.63, 3.8) is 0 Å². The van der Waals surface area contributed by atoms with Crippen LogP contribution >= 0.6 is 0 Å². The molecule has 0 spiro atoms. The Labute approximate surface area is 168 Å². The maximum atomic E-state index is 12.7. The first kappa shape index (κ1) is 20.2. The molecule has 3 aromatic rings. The van der Waals surface area contributed by atoms with Gasteiger partial charge in [-0.05, 0) is 37.6 Å². The lowest BCUT2D eigenvalue weighted by Crippen LogP contribution is -2.46. The molecular formula is C21H25N5O3. The SMILES string of the molecule is CCCn1c(=O)n(CC(=O)NNC(=O)CNc2ccc(C)cc2)c2ccccc21. The number of imidazole rings is 1. The average Bonchev–Trinajstić information content (AvgIpc) is 2.98. The van der Waals surface area contributed by atoms with Gasteiger partial charge in [0.2, 0.25) is 0 Å². The third kappa shape index (κ3) is 4.84. The van der Waals surface area contributed by atoms with Crippen LogP contribution in [0.1, 0.15) is 18.9 Å². The molecule has 0 radical (unpaired) electrons. The van der Waals surface area contributed by atoms with Crippen LogP contribution in [-0.2, 0) is 22.7 Å². The van der Waals surface area contributed by atoms with Crippen molar-refractivity contribution in [1.82, 2.24) is 20.0 Å². The fourth-order valence-corrected chi connectivity index (χ4v) is 3.09. The van der Waals surface area contributed by atoms with Crippen molar-refractivity contribution >= 4 is 28.5 Å². The van der Waals surface area contributed by atoms with Gasteiger partial charge in [-0.25, -0.2) is 4.79 Å². The number of nitrogens with zero attached hydrogens (tertiary/aromatic N) is 2. The minimum Gasteiger partial charge on any atom is -0.376 e. The number of carbonyl (C=O) groups is 2. The molecule has 3 N–H and O–H groups in total. The highest BCUT2D eigenvalue weighted by molar-refractivity contribution is 5.85. The van der Waals surface area contributed by atoms with E-state index in [4.69, 9.17) is 0 Å². The molecule has 0 atom stereocenters. The van der Waals surface area contributed by atoms with Gasteiger partial charge < -0.3 is 5.32 Å². The molecule has 8 heteroatoms. The number of aromatic nitrogens is 2. The highest BCUT2D eigenvalue weighted by Gasteiger charge is 2.15. The first-order valence-electron chi connectivity index (χ1n) is 9.56. The molecule has 0 aliphatic heterocycles. The predicted molar refractivity (Wildman–Crippen MR) is 112 cm³/mol. The lowest BCUT2D eigenvalue weighted by Gasteiger charge is -2.09. The van der Waals surface area contributed by atoms with Gasteiger partial charge in [-0.2, -0.15) is 0 Å². The first-order chi connectivity index (χ1) is 14.0. The summed E-state index contributed by atoms with van der Waals surface area (Å²) < 4.78 is 3.07. The average molecular weight is 395 g/mol.